The van der Waals surface area contributed by atoms with E-state index in [4.69, 9.17) is 10.3 Å². The Morgan fingerprint density at radius 1 is 1.16 bits per heavy atom. The van der Waals surface area contributed by atoms with Crippen LogP contribution in [0.25, 0.3) is 11.5 Å². The van der Waals surface area contributed by atoms with Crippen LogP contribution in [0.15, 0.2) is 28.8 Å². The van der Waals surface area contributed by atoms with Gasteiger partial charge in [-0.1, -0.05) is 17.3 Å². The van der Waals surface area contributed by atoms with Crippen LogP contribution in [0.4, 0.5) is 13.2 Å². The first-order valence-corrected chi connectivity index (χ1v) is 5.66. The lowest BCUT2D eigenvalue weighted by Crippen LogP contribution is -2.09. The van der Waals surface area contributed by atoms with E-state index in [1.807, 2.05) is 0 Å². The fourth-order valence-electron chi connectivity index (χ4n) is 1.51. The molecule has 102 valence electrons. The van der Waals surface area contributed by atoms with Crippen LogP contribution in [0.1, 0.15) is 17.8 Å². The molecule has 2 aromatic rings. The monoisotopic (exact) mass is 271 g/mol. The van der Waals surface area contributed by atoms with E-state index < -0.39 is 12.6 Å². The lowest BCUT2D eigenvalue weighted by Gasteiger charge is -2.01. The normalized spacial score (nSPS) is 11.8. The molecule has 0 spiro atoms. The minimum absolute atomic E-state index is 0.0511. The summed E-state index contributed by atoms with van der Waals surface area (Å²) in [5, 5.41) is 3.53. The van der Waals surface area contributed by atoms with Crippen molar-refractivity contribution in [2.24, 2.45) is 5.73 Å². The molecule has 0 saturated heterocycles. The average molecular weight is 271 g/mol. The summed E-state index contributed by atoms with van der Waals surface area (Å²) < 4.78 is 41.1. The molecule has 0 aliphatic heterocycles. The zero-order valence-electron chi connectivity index (χ0n) is 9.94. The third kappa shape index (κ3) is 3.78. The molecule has 0 saturated carbocycles. The standard InChI is InChI=1S/C12H12F3N3O/c13-12(14,15)6-5-10-17-11(19-18-10)9-3-1-8(7-16)2-4-9/h1-4H,5-7,16H2. The van der Waals surface area contributed by atoms with Crippen molar-refractivity contribution in [3.8, 4) is 11.5 Å². The highest BCUT2D eigenvalue weighted by Crippen LogP contribution is 2.23. The van der Waals surface area contributed by atoms with Gasteiger partial charge in [-0.25, -0.2) is 0 Å². The Morgan fingerprint density at radius 3 is 2.42 bits per heavy atom. The SMILES string of the molecule is NCc1ccc(-c2nc(CCC(F)(F)F)no2)cc1. The van der Waals surface area contributed by atoms with E-state index in [-0.39, 0.29) is 18.1 Å². The molecule has 0 unspecified atom stereocenters. The van der Waals surface area contributed by atoms with E-state index in [9.17, 15) is 13.2 Å². The predicted octanol–water partition coefficient (Wildman–Crippen LogP) is 2.69. The summed E-state index contributed by atoms with van der Waals surface area (Å²) in [7, 11) is 0. The molecule has 1 aromatic carbocycles. The third-order valence-electron chi connectivity index (χ3n) is 2.54. The van der Waals surface area contributed by atoms with E-state index >= 15 is 0 Å². The number of halogens is 3. The molecule has 0 fully saturated rings. The molecule has 7 heteroatoms. The van der Waals surface area contributed by atoms with Crippen molar-refractivity contribution in [3.63, 3.8) is 0 Å². The Hall–Kier alpha value is -1.89. The summed E-state index contributed by atoms with van der Waals surface area (Å²) in [6.07, 6.45) is -5.46. The lowest BCUT2D eigenvalue weighted by molar-refractivity contribution is -0.134. The van der Waals surface area contributed by atoms with Crippen LogP contribution in [0.5, 0.6) is 0 Å². The number of benzene rings is 1. The molecule has 0 amide bonds. The number of aryl methyl sites for hydroxylation is 1. The fraction of sp³-hybridized carbons (Fsp3) is 0.333. The van der Waals surface area contributed by atoms with Gasteiger partial charge < -0.3 is 10.3 Å². The number of alkyl halides is 3. The molecule has 19 heavy (non-hydrogen) atoms. The smallest absolute Gasteiger partial charge is 0.334 e. The quantitative estimate of drug-likeness (QED) is 0.928. The lowest BCUT2D eigenvalue weighted by atomic mass is 10.1. The van der Waals surface area contributed by atoms with Crippen molar-refractivity contribution in [3.05, 3.63) is 35.7 Å². The van der Waals surface area contributed by atoms with Gasteiger partial charge in [-0.15, -0.1) is 0 Å². The van der Waals surface area contributed by atoms with Crippen LogP contribution in [0, 0.1) is 0 Å². The minimum Gasteiger partial charge on any atom is -0.334 e. The van der Waals surface area contributed by atoms with Crippen molar-refractivity contribution in [2.45, 2.75) is 25.6 Å². The highest BCUT2D eigenvalue weighted by Gasteiger charge is 2.27. The summed E-state index contributed by atoms with van der Waals surface area (Å²) in [4.78, 5) is 3.93. The number of nitrogens with zero attached hydrogens (tertiary/aromatic N) is 2. The van der Waals surface area contributed by atoms with Gasteiger partial charge in [-0.05, 0) is 17.7 Å². The molecule has 0 atom stereocenters. The van der Waals surface area contributed by atoms with Crippen molar-refractivity contribution >= 4 is 0 Å². The Morgan fingerprint density at radius 2 is 1.84 bits per heavy atom. The zero-order chi connectivity index (χ0) is 13.9. The third-order valence-corrected chi connectivity index (χ3v) is 2.54. The summed E-state index contributed by atoms with van der Waals surface area (Å²) >= 11 is 0. The Balaban J connectivity index is 2.07. The topological polar surface area (TPSA) is 64.9 Å². The van der Waals surface area contributed by atoms with E-state index in [2.05, 4.69) is 10.1 Å². The molecule has 0 aliphatic carbocycles. The molecular formula is C12H12F3N3O. The summed E-state index contributed by atoms with van der Waals surface area (Å²) in [5.74, 6) is 0.260. The van der Waals surface area contributed by atoms with E-state index in [0.717, 1.165) is 5.56 Å². The van der Waals surface area contributed by atoms with Crippen LogP contribution in [0.3, 0.4) is 0 Å². The van der Waals surface area contributed by atoms with Gasteiger partial charge in [0.05, 0.1) is 6.42 Å². The largest absolute Gasteiger partial charge is 0.389 e. The average Bonchev–Trinajstić information content (AvgIpc) is 2.84. The van der Waals surface area contributed by atoms with Crippen molar-refractivity contribution < 1.29 is 17.7 Å². The highest BCUT2D eigenvalue weighted by molar-refractivity contribution is 5.53. The maximum Gasteiger partial charge on any atom is 0.389 e. The van der Waals surface area contributed by atoms with Gasteiger partial charge in [0.1, 0.15) is 0 Å². The molecule has 0 aliphatic rings. The summed E-state index contributed by atoms with van der Waals surface area (Å²) in [6.45, 7) is 0.418. The molecule has 0 bridgehead atoms. The van der Waals surface area contributed by atoms with E-state index in [0.29, 0.717) is 12.1 Å². The van der Waals surface area contributed by atoms with Gasteiger partial charge in [0, 0.05) is 18.5 Å². The predicted molar refractivity (Wildman–Crippen MR) is 62.0 cm³/mol. The van der Waals surface area contributed by atoms with Gasteiger partial charge in [-0.2, -0.15) is 18.2 Å². The Kier molecular flexibility index (Phi) is 3.84. The molecule has 4 nitrogen and oxygen atoms in total. The zero-order valence-corrected chi connectivity index (χ0v) is 9.94. The summed E-state index contributed by atoms with van der Waals surface area (Å²) in [5.41, 5.74) is 7.07. The first kappa shape index (κ1) is 13.5. The molecular weight excluding hydrogens is 259 g/mol. The van der Waals surface area contributed by atoms with Gasteiger partial charge in [0.25, 0.3) is 5.89 Å². The first-order valence-electron chi connectivity index (χ1n) is 5.66. The van der Waals surface area contributed by atoms with Crippen molar-refractivity contribution in [2.75, 3.05) is 0 Å². The molecule has 1 aromatic heterocycles. The van der Waals surface area contributed by atoms with Crippen molar-refractivity contribution in [1.82, 2.24) is 10.1 Å². The van der Waals surface area contributed by atoms with Gasteiger partial charge >= 0.3 is 6.18 Å². The second-order valence-corrected chi connectivity index (χ2v) is 4.03. The van der Waals surface area contributed by atoms with Gasteiger partial charge in [-0.3, -0.25) is 0 Å². The van der Waals surface area contributed by atoms with Crippen LogP contribution < -0.4 is 5.73 Å². The molecule has 0 radical (unpaired) electrons. The summed E-state index contributed by atoms with van der Waals surface area (Å²) in [6, 6.07) is 7.08. The second-order valence-electron chi connectivity index (χ2n) is 4.03. The minimum atomic E-state index is -4.22. The second kappa shape index (κ2) is 5.40. The molecule has 1 heterocycles. The van der Waals surface area contributed by atoms with Crippen LogP contribution in [-0.2, 0) is 13.0 Å². The van der Waals surface area contributed by atoms with Gasteiger partial charge in [0.15, 0.2) is 5.82 Å². The maximum absolute atomic E-state index is 12.1. The number of rotatable bonds is 4. The number of aromatic nitrogens is 2. The maximum atomic E-state index is 12.1. The number of hydrogen-bond donors (Lipinski definition) is 1. The van der Waals surface area contributed by atoms with Crippen molar-refractivity contribution in [1.29, 1.82) is 0 Å². The fourth-order valence-corrected chi connectivity index (χ4v) is 1.51. The number of nitrogens with two attached hydrogens (primary N) is 1. The van der Waals surface area contributed by atoms with E-state index in [1.54, 1.807) is 24.3 Å². The molecule has 2 rings (SSSR count). The Labute approximate surface area is 107 Å². The highest BCUT2D eigenvalue weighted by atomic mass is 19.4. The molecule has 2 N–H and O–H groups in total. The first-order chi connectivity index (χ1) is 8.98. The van der Waals surface area contributed by atoms with Gasteiger partial charge in [0.2, 0.25) is 0 Å². The van der Waals surface area contributed by atoms with Crippen LogP contribution in [-0.4, -0.2) is 16.3 Å². The number of hydrogen-bond acceptors (Lipinski definition) is 4. The van der Waals surface area contributed by atoms with Crippen LogP contribution >= 0.6 is 0 Å². The van der Waals surface area contributed by atoms with E-state index in [1.165, 1.54) is 0 Å². The Bertz CT molecular complexity index is 534. The van der Waals surface area contributed by atoms with Crippen LogP contribution in [0.2, 0.25) is 0 Å².